The van der Waals surface area contributed by atoms with Crippen molar-refractivity contribution in [3.8, 4) is 0 Å². The zero-order valence-electron chi connectivity index (χ0n) is 19.6. The van der Waals surface area contributed by atoms with Gasteiger partial charge >= 0.3 is 5.97 Å². The molecule has 2 heterocycles. The predicted molar refractivity (Wildman–Crippen MR) is 141 cm³/mol. The minimum atomic E-state index is -0.750. The lowest BCUT2D eigenvalue weighted by molar-refractivity contribution is -0.125. The van der Waals surface area contributed by atoms with Crippen LogP contribution in [0, 0.1) is 0 Å². The lowest BCUT2D eigenvalue weighted by Crippen LogP contribution is -2.36. The quantitative estimate of drug-likeness (QED) is 0.300. The van der Waals surface area contributed by atoms with E-state index in [1.54, 1.807) is 72.7 Å². The van der Waals surface area contributed by atoms with Gasteiger partial charge in [0.25, 0.3) is 5.91 Å². The number of pyridine rings is 1. The number of thiocarbonyl (C=S) groups is 1. The van der Waals surface area contributed by atoms with Gasteiger partial charge in [-0.3, -0.25) is 19.5 Å². The number of hydrogen-bond donors (Lipinski definition) is 0. The van der Waals surface area contributed by atoms with Gasteiger partial charge in [-0.05, 0) is 72.7 Å². The Morgan fingerprint density at radius 3 is 2.42 bits per heavy atom. The molecule has 0 bridgehead atoms. The molecule has 0 saturated carbocycles. The van der Waals surface area contributed by atoms with E-state index in [-0.39, 0.29) is 24.5 Å². The monoisotopic (exact) mass is 521 g/mol. The first kappa shape index (κ1) is 25.5. The molecule has 36 heavy (non-hydrogen) atoms. The highest BCUT2D eigenvalue weighted by Gasteiger charge is 2.44. The third kappa shape index (κ3) is 5.78. The van der Waals surface area contributed by atoms with E-state index in [0.717, 1.165) is 11.1 Å². The molecule has 1 aliphatic rings. The number of amides is 1. The second kappa shape index (κ2) is 11.4. The van der Waals surface area contributed by atoms with Crippen molar-refractivity contribution in [1.29, 1.82) is 0 Å². The van der Waals surface area contributed by atoms with Crippen molar-refractivity contribution in [3.05, 3.63) is 94.8 Å². The topological polar surface area (TPSA) is 79.8 Å². The van der Waals surface area contributed by atoms with Crippen molar-refractivity contribution < 1.29 is 19.1 Å². The summed E-state index contributed by atoms with van der Waals surface area (Å²) in [6.45, 7) is 2.38. The number of hydrogen-bond acceptors (Lipinski definition) is 6. The Morgan fingerprint density at radius 2 is 1.78 bits per heavy atom. The second-order valence-electron chi connectivity index (χ2n) is 8.27. The zero-order valence-corrected chi connectivity index (χ0v) is 21.2. The van der Waals surface area contributed by atoms with Crippen LogP contribution in [-0.2, 0) is 27.3 Å². The van der Waals surface area contributed by atoms with E-state index in [9.17, 15) is 14.4 Å². The molecular formula is C27H24ClN3O4S. The number of rotatable bonds is 9. The molecular weight excluding hydrogens is 498 g/mol. The maximum atomic E-state index is 13.5. The Balaban J connectivity index is 1.53. The molecule has 1 aromatic heterocycles. The molecule has 0 radical (unpaired) electrons. The van der Waals surface area contributed by atoms with Crippen LogP contribution in [0.1, 0.15) is 34.8 Å². The minimum absolute atomic E-state index is 0.0110. The molecule has 9 heteroatoms. The van der Waals surface area contributed by atoms with Gasteiger partial charge in [-0.15, -0.1) is 0 Å². The number of Topliss-reactive ketones (excluding diaryl/α,β-unsaturated/α-hetero) is 1. The Morgan fingerprint density at radius 1 is 1.06 bits per heavy atom. The Kier molecular flexibility index (Phi) is 8.07. The third-order valence-corrected chi connectivity index (χ3v) is 6.44. The van der Waals surface area contributed by atoms with Gasteiger partial charge in [0.1, 0.15) is 11.8 Å². The van der Waals surface area contributed by atoms with Crippen molar-refractivity contribution in [1.82, 2.24) is 9.88 Å². The molecule has 1 aliphatic heterocycles. The molecule has 1 atom stereocenters. The van der Waals surface area contributed by atoms with Crippen LogP contribution in [-0.4, -0.2) is 45.3 Å². The summed E-state index contributed by atoms with van der Waals surface area (Å²) in [5.74, 6) is -0.792. The molecule has 3 aromatic rings. The molecule has 2 aromatic carbocycles. The maximum Gasteiger partial charge on any atom is 0.338 e. The number of ketones is 1. The predicted octanol–water partition coefficient (Wildman–Crippen LogP) is 4.62. The highest BCUT2D eigenvalue weighted by Crippen LogP contribution is 2.29. The lowest BCUT2D eigenvalue weighted by Gasteiger charge is -2.23. The van der Waals surface area contributed by atoms with Crippen molar-refractivity contribution in [2.24, 2.45) is 0 Å². The number of benzene rings is 2. The molecule has 0 aliphatic carbocycles. The number of esters is 1. The highest BCUT2D eigenvalue weighted by molar-refractivity contribution is 7.80. The fourth-order valence-electron chi connectivity index (χ4n) is 4.02. The molecule has 1 unspecified atom stereocenters. The number of nitrogens with zero attached hydrogens (tertiary/aromatic N) is 3. The largest absolute Gasteiger partial charge is 0.462 e. The van der Waals surface area contributed by atoms with Gasteiger partial charge in [0.15, 0.2) is 5.11 Å². The molecule has 0 spiro atoms. The van der Waals surface area contributed by atoms with Crippen LogP contribution in [0.3, 0.4) is 0 Å². The normalized spacial score (nSPS) is 15.3. The van der Waals surface area contributed by atoms with E-state index in [2.05, 4.69) is 4.98 Å². The zero-order chi connectivity index (χ0) is 25.7. The minimum Gasteiger partial charge on any atom is -0.462 e. The van der Waals surface area contributed by atoms with Crippen LogP contribution >= 0.6 is 23.8 Å². The van der Waals surface area contributed by atoms with Gasteiger partial charge in [-0.2, -0.15) is 0 Å². The second-order valence-corrected chi connectivity index (χ2v) is 9.08. The first-order chi connectivity index (χ1) is 17.4. The summed E-state index contributed by atoms with van der Waals surface area (Å²) in [6.07, 6.45) is 3.50. The van der Waals surface area contributed by atoms with Crippen LogP contribution in [0.25, 0.3) is 0 Å². The molecule has 7 nitrogen and oxygen atoms in total. The number of aromatic nitrogens is 1. The summed E-state index contributed by atoms with van der Waals surface area (Å²) in [5, 5.41) is 0.868. The average molecular weight is 522 g/mol. The van der Waals surface area contributed by atoms with Crippen LogP contribution in [0.5, 0.6) is 0 Å². The van der Waals surface area contributed by atoms with E-state index >= 15 is 0 Å². The Hall–Kier alpha value is -3.62. The van der Waals surface area contributed by atoms with Crippen molar-refractivity contribution in [2.45, 2.75) is 32.4 Å². The smallest absolute Gasteiger partial charge is 0.338 e. The fraction of sp³-hybridized carbons (Fsp3) is 0.222. The Labute approximate surface area is 219 Å². The summed E-state index contributed by atoms with van der Waals surface area (Å²) in [7, 11) is 0. The number of halogens is 1. The fourth-order valence-corrected chi connectivity index (χ4v) is 4.53. The van der Waals surface area contributed by atoms with Crippen LogP contribution in [0.2, 0.25) is 5.02 Å². The maximum absolute atomic E-state index is 13.5. The van der Waals surface area contributed by atoms with Crippen molar-refractivity contribution in [2.75, 3.05) is 11.5 Å². The highest BCUT2D eigenvalue weighted by atomic mass is 35.5. The van der Waals surface area contributed by atoms with Crippen molar-refractivity contribution in [3.63, 3.8) is 0 Å². The van der Waals surface area contributed by atoms with E-state index in [1.165, 1.54) is 4.90 Å². The molecule has 184 valence electrons. The van der Waals surface area contributed by atoms with Crippen LogP contribution in [0.15, 0.2) is 73.1 Å². The average Bonchev–Trinajstić information content (AvgIpc) is 3.09. The van der Waals surface area contributed by atoms with Crippen LogP contribution < -0.4 is 4.90 Å². The van der Waals surface area contributed by atoms with Gasteiger partial charge in [0, 0.05) is 36.8 Å². The van der Waals surface area contributed by atoms with Gasteiger partial charge in [0.2, 0.25) is 0 Å². The molecule has 1 fully saturated rings. The number of carbonyl (C=O) groups is 3. The number of carbonyl (C=O) groups excluding carboxylic acids is 3. The molecule has 1 amide bonds. The van der Waals surface area contributed by atoms with Crippen molar-refractivity contribution >= 4 is 52.3 Å². The first-order valence-electron chi connectivity index (χ1n) is 11.4. The number of ether oxygens (including phenoxy) is 1. The summed E-state index contributed by atoms with van der Waals surface area (Å²) in [6, 6.07) is 16.5. The Bertz CT molecular complexity index is 1270. The van der Waals surface area contributed by atoms with E-state index in [1.807, 2.05) is 12.1 Å². The summed E-state index contributed by atoms with van der Waals surface area (Å²) in [4.78, 5) is 45.8. The summed E-state index contributed by atoms with van der Waals surface area (Å²) < 4.78 is 5.00. The molecule has 1 saturated heterocycles. The van der Waals surface area contributed by atoms with Gasteiger partial charge in [-0.1, -0.05) is 29.8 Å². The molecule has 4 rings (SSSR count). The summed E-state index contributed by atoms with van der Waals surface area (Å²) in [5.41, 5.74) is 2.63. The van der Waals surface area contributed by atoms with E-state index in [4.69, 9.17) is 28.6 Å². The van der Waals surface area contributed by atoms with Gasteiger partial charge in [-0.25, -0.2) is 4.79 Å². The van der Waals surface area contributed by atoms with E-state index in [0.29, 0.717) is 34.5 Å². The van der Waals surface area contributed by atoms with Gasteiger partial charge < -0.3 is 9.64 Å². The standard InChI is InChI=1S/C27H24ClN3O4S/c1-2-35-26(34)20-7-5-18(6-8-20)14-23(32)15-24-25(33)31(22-11-9-21(28)10-12-22)27(36)30(24)17-19-4-3-13-29-16-19/h3-13,16,24H,2,14-15,17H2,1H3. The van der Waals surface area contributed by atoms with Crippen LogP contribution in [0.4, 0.5) is 5.69 Å². The SMILES string of the molecule is CCOC(=O)c1ccc(CC(=O)CC2C(=O)N(c3ccc(Cl)cc3)C(=S)N2Cc2cccnc2)cc1. The molecule has 0 N–H and O–H groups in total. The van der Waals surface area contributed by atoms with Gasteiger partial charge in [0.05, 0.1) is 17.9 Å². The lowest BCUT2D eigenvalue weighted by atomic mass is 10.0. The third-order valence-electron chi connectivity index (χ3n) is 5.77. The first-order valence-corrected chi connectivity index (χ1v) is 12.2. The number of anilines is 1. The summed E-state index contributed by atoms with van der Waals surface area (Å²) >= 11 is 11.7. The van der Waals surface area contributed by atoms with E-state index < -0.39 is 12.0 Å².